The third kappa shape index (κ3) is 4.14. The van der Waals surface area contributed by atoms with Gasteiger partial charge in [0.2, 0.25) is 11.7 Å². The number of amides is 2. The molecule has 168 valence electrons. The highest BCUT2D eigenvalue weighted by Gasteiger charge is 2.30. The molecule has 2 atom stereocenters. The van der Waals surface area contributed by atoms with Gasteiger partial charge in [0.25, 0.3) is 0 Å². The molecule has 2 aliphatic rings. The number of nitrogens with one attached hydrogen (secondary N) is 1. The molecule has 2 aromatic heterocycles. The first-order chi connectivity index (χ1) is 15.6. The van der Waals surface area contributed by atoms with Crippen molar-refractivity contribution in [3.63, 3.8) is 0 Å². The van der Waals surface area contributed by atoms with Gasteiger partial charge in [-0.3, -0.25) is 4.90 Å². The van der Waals surface area contributed by atoms with E-state index in [2.05, 4.69) is 34.2 Å². The Morgan fingerprint density at radius 3 is 2.72 bits per heavy atom. The van der Waals surface area contributed by atoms with Crippen LogP contribution < -0.4 is 5.32 Å². The molecule has 1 N–H and O–H groups in total. The molecule has 1 aliphatic carbocycles. The fourth-order valence-electron chi connectivity index (χ4n) is 4.57. The van der Waals surface area contributed by atoms with Crippen molar-refractivity contribution in [3.8, 4) is 11.4 Å². The van der Waals surface area contributed by atoms with Crippen molar-refractivity contribution in [1.29, 1.82) is 0 Å². The second kappa shape index (κ2) is 8.78. The van der Waals surface area contributed by atoms with E-state index >= 15 is 0 Å². The first kappa shape index (κ1) is 20.8. The number of rotatable bonds is 4. The average molecular weight is 436 g/mol. The molecular formula is C24H29N5O3. The Hall–Kier alpha value is -3.13. The minimum atomic E-state index is -0.00389. The molecule has 0 saturated carbocycles. The quantitative estimate of drug-likeness (QED) is 0.664. The summed E-state index contributed by atoms with van der Waals surface area (Å²) in [6.07, 6.45) is 4.66. The third-order valence-corrected chi connectivity index (χ3v) is 6.61. The summed E-state index contributed by atoms with van der Waals surface area (Å²) in [6.45, 7) is 6.99. The summed E-state index contributed by atoms with van der Waals surface area (Å²) in [5, 5.41) is 7.36. The summed E-state index contributed by atoms with van der Waals surface area (Å²) in [4.78, 5) is 21.6. The lowest BCUT2D eigenvalue weighted by atomic mass is 9.93. The number of piperazine rings is 1. The van der Waals surface area contributed by atoms with Crippen molar-refractivity contribution in [2.24, 2.45) is 0 Å². The van der Waals surface area contributed by atoms with E-state index in [-0.39, 0.29) is 18.1 Å². The van der Waals surface area contributed by atoms with E-state index in [1.807, 2.05) is 35.2 Å². The SMILES string of the molecule is Cc1ccc(-c2noc([C@H](C)N3CCN(C(=O)N[C@H]4CCCc5occc54)CC3)n2)cc1. The molecule has 8 heteroatoms. The largest absolute Gasteiger partial charge is 0.469 e. The van der Waals surface area contributed by atoms with Crippen molar-refractivity contribution >= 4 is 6.03 Å². The number of hydrogen-bond acceptors (Lipinski definition) is 6. The summed E-state index contributed by atoms with van der Waals surface area (Å²) in [6, 6.07) is 10.1. The first-order valence-electron chi connectivity index (χ1n) is 11.3. The van der Waals surface area contributed by atoms with Gasteiger partial charge in [-0.05, 0) is 32.8 Å². The molecule has 8 nitrogen and oxygen atoms in total. The van der Waals surface area contributed by atoms with E-state index in [4.69, 9.17) is 8.94 Å². The zero-order valence-corrected chi connectivity index (χ0v) is 18.6. The number of furan rings is 1. The minimum Gasteiger partial charge on any atom is -0.469 e. The summed E-state index contributed by atoms with van der Waals surface area (Å²) in [5.41, 5.74) is 3.27. The van der Waals surface area contributed by atoms with Crippen LogP contribution in [0.5, 0.6) is 0 Å². The Morgan fingerprint density at radius 1 is 1.16 bits per heavy atom. The number of urea groups is 1. The number of fused-ring (bicyclic) bond motifs is 1. The monoisotopic (exact) mass is 435 g/mol. The highest BCUT2D eigenvalue weighted by atomic mass is 16.5. The third-order valence-electron chi connectivity index (χ3n) is 6.61. The Morgan fingerprint density at radius 2 is 1.94 bits per heavy atom. The van der Waals surface area contributed by atoms with Gasteiger partial charge in [0.1, 0.15) is 5.76 Å². The van der Waals surface area contributed by atoms with Crippen LogP contribution in [0.4, 0.5) is 4.79 Å². The highest BCUT2D eigenvalue weighted by molar-refractivity contribution is 5.75. The van der Waals surface area contributed by atoms with Gasteiger partial charge < -0.3 is 19.2 Å². The van der Waals surface area contributed by atoms with Crippen LogP contribution in [-0.4, -0.2) is 52.2 Å². The van der Waals surface area contributed by atoms with Crippen molar-refractivity contribution in [2.45, 2.75) is 45.2 Å². The van der Waals surface area contributed by atoms with E-state index < -0.39 is 0 Å². The topological polar surface area (TPSA) is 87.6 Å². The van der Waals surface area contributed by atoms with E-state index in [0.29, 0.717) is 24.8 Å². The van der Waals surface area contributed by atoms with Gasteiger partial charge in [0, 0.05) is 43.7 Å². The summed E-state index contributed by atoms with van der Waals surface area (Å²) < 4.78 is 11.1. The molecule has 3 aromatic rings. The van der Waals surface area contributed by atoms with Gasteiger partial charge in [0.15, 0.2) is 0 Å². The molecule has 1 aromatic carbocycles. The number of carbonyl (C=O) groups excluding carboxylic acids is 1. The maximum absolute atomic E-state index is 12.9. The molecule has 0 radical (unpaired) electrons. The first-order valence-corrected chi connectivity index (χ1v) is 11.3. The highest BCUT2D eigenvalue weighted by Crippen LogP contribution is 2.31. The van der Waals surface area contributed by atoms with Crippen LogP contribution in [0.25, 0.3) is 11.4 Å². The molecule has 1 aliphatic heterocycles. The van der Waals surface area contributed by atoms with E-state index in [1.165, 1.54) is 5.56 Å². The Kier molecular flexibility index (Phi) is 5.70. The van der Waals surface area contributed by atoms with Gasteiger partial charge in [0.05, 0.1) is 18.3 Å². The zero-order valence-electron chi connectivity index (χ0n) is 18.6. The number of nitrogens with zero attached hydrogens (tertiary/aromatic N) is 4. The van der Waals surface area contributed by atoms with Crippen LogP contribution >= 0.6 is 0 Å². The lowest BCUT2D eigenvalue weighted by Crippen LogP contribution is -2.52. The van der Waals surface area contributed by atoms with Gasteiger partial charge in [-0.25, -0.2) is 4.79 Å². The zero-order chi connectivity index (χ0) is 22.1. The van der Waals surface area contributed by atoms with E-state index in [1.54, 1.807) is 6.26 Å². The van der Waals surface area contributed by atoms with Crippen LogP contribution in [0, 0.1) is 6.92 Å². The number of carbonyl (C=O) groups is 1. The van der Waals surface area contributed by atoms with Gasteiger partial charge in [-0.1, -0.05) is 35.0 Å². The molecule has 0 spiro atoms. The maximum Gasteiger partial charge on any atom is 0.317 e. The molecule has 3 heterocycles. The molecule has 2 amide bonds. The fourth-order valence-corrected chi connectivity index (χ4v) is 4.57. The molecule has 0 bridgehead atoms. The number of hydrogen-bond donors (Lipinski definition) is 1. The molecule has 1 fully saturated rings. The lowest BCUT2D eigenvalue weighted by Gasteiger charge is -2.37. The van der Waals surface area contributed by atoms with Gasteiger partial charge >= 0.3 is 6.03 Å². The molecule has 5 rings (SSSR count). The lowest BCUT2D eigenvalue weighted by molar-refractivity contribution is 0.0987. The van der Waals surface area contributed by atoms with Crippen LogP contribution in [0.3, 0.4) is 0 Å². The van der Waals surface area contributed by atoms with Crippen LogP contribution in [0.15, 0.2) is 45.5 Å². The van der Waals surface area contributed by atoms with Gasteiger partial charge in [-0.15, -0.1) is 0 Å². The maximum atomic E-state index is 12.9. The van der Waals surface area contributed by atoms with Crippen LogP contribution in [-0.2, 0) is 6.42 Å². The second-order valence-corrected chi connectivity index (χ2v) is 8.71. The standard InChI is InChI=1S/C24H29N5O3/c1-16-6-8-18(9-7-16)22-26-23(32-27-22)17(2)28-11-13-29(14-12-28)24(30)25-20-4-3-5-21-19(20)10-15-31-21/h6-10,15,17,20H,3-5,11-14H2,1-2H3,(H,25,30)/t17-,20-/m0/s1. The Labute approximate surface area is 187 Å². The van der Waals surface area contributed by atoms with Crippen LogP contribution in [0.2, 0.25) is 0 Å². The molecule has 0 unspecified atom stereocenters. The molecule has 1 saturated heterocycles. The summed E-state index contributed by atoms with van der Waals surface area (Å²) >= 11 is 0. The summed E-state index contributed by atoms with van der Waals surface area (Å²) in [7, 11) is 0. The van der Waals surface area contributed by atoms with Crippen molar-refractivity contribution in [3.05, 3.63) is 59.4 Å². The molecule has 32 heavy (non-hydrogen) atoms. The Balaban J connectivity index is 1.16. The fraction of sp³-hybridized carbons (Fsp3) is 0.458. The summed E-state index contributed by atoms with van der Waals surface area (Å²) in [5.74, 6) is 2.22. The second-order valence-electron chi connectivity index (χ2n) is 8.71. The molecular weight excluding hydrogens is 406 g/mol. The van der Waals surface area contributed by atoms with Gasteiger partial charge in [-0.2, -0.15) is 4.98 Å². The number of benzene rings is 1. The smallest absolute Gasteiger partial charge is 0.317 e. The van der Waals surface area contributed by atoms with E-state index in [9.17, 15) is 4.79 Å². The Bertz CT molecular complexity index is 1070. The minimum absolute atomic E-state index is 0.00116. The van der Waals surface area contributed by atoms with E-state index in [0.717, 1.165) is 49.2 Å². The van der Waals surface area contributed by atoms with Crippen molar-refractivity contribution < 1.29 is 13.7 Å². The predicted octanol–water partition coefficient (Wildman–Crippen LogP) is 4.10. The van der Waals surface area contributed by atoms with Crippen molar-refractivity contribution in [2.75, 3.05) is 26.2 Å². The number of aromatic nitrogens is 2. The number of aryl methyl sites for hydroxylation is 2. The predicted molar refractivity (Wildman–Crippen MR) is 119 cm³/mol. The normalized spacial score (nSPS) is 20.1. The average Bonchev–Trinajstić information content (AvgIpc) is 3.50. The van der Waals surface area contributed by atoms with Crippen molar-refractivity contribution in [1.82, 2.24) is 25.3 Å². The van der Waals surface area contributed by atoms with Crippen LogP contribution in [0.1, 0.15) is 54.6 Å².